The molecule has 3 rings (SSSR count). The summed E-state index contributed by atoms with van der Waals surface area (Å²) in [7, 11) is 2.03. The van der Waals surface area contributed by atoms with E-state index in [-0.39, 0.29) is 5.91 Å². The van der Waals surface area contributed by atoms with Crippen LogP contribution in [0.3, 0.4) is 0 Å². The van der Waals surface area contributed by atoms with E-state index in [4.69, 9.17) is 4.74 Å². The Morgan fingerprint density at radius 2 is 1.73 bits per heavy atom. The smallest absolute Gasteiger partial charge is 0.237 e. The summed E-state index contributed by atoms with van der Waals surface area (Å²) >= 11 is 0. The molecule has 1 aliphatic rings. The van der Waals surface area contributed by atoms with Crippen LogP contribution in [-0.2, 0) is 22.6 Å². The highest BCUT2D eigenvalue weighted by Crippen LogP contribution is 2.22. The van der Waals surface area contributed by atoms with E-state index >= 15 is 0 Å². The highest BCUT2D eigenvalue weighted by molar-refractivity contribution is 5.78. The van der Waals surface area contributed by atoms with E-state index in [0.29, 0.717) is 13.1 Å². The summed E-state index contributed by atoms with van der Waals surface area (Å²) in [6.07, 6.45) is 0.960. The predicted molar refractivity (Wildman–Crippen MR) is 123 cm³/mol. The molecule has 0 spiro atoms. The van der Waals surface area contributed by atoms with Crippen molar-refractivity contribution in [2.45, 2.75) is 33.4 Å². The molecule has 2 aromatic carbocycles. The molecule has 1 fully saturated rings. The molecule has 0 bridgehead atoms. The number of likely N-dealkylation sites (N-methyl/N-ethyl adjacent to an activating group) is 1. The van der Waals surface area contributed by atoms with Gasteiger partial charge in [0.05, 0.1) is 19.8 Å². The molecule has 1 aliphatic heterocycles. The van der Waals surface area contributed by atoms with Gasteiger partial charge in [0.15, 0.2) is 0 Å². The molecule has 2 aromatic rings. The Morgan fingerprint density at radius 1 is 1.03 bits per heavy atom. The van der Waals surface area contributed by atoms with Gasteiger partial charge in [0.2, 0.25) is 5.91 Å². The van der Waals surface area contributed by atoms with Gasteiger partial charge in [-0.15, -0.1) is 0 Å². The van der Waals surface area contributed by atoms with E-state index < -0.39 is 0 Å². The van der Waals surface area contributed by atoms with E-state index in [1.54, 1.807) is 0 Å². The van der Waals surface area contributed by atoms with E-state index in [1.165, 1.54) is 22.4 Å². The number of anilines is 1. The quantitative estimate of drug-likeness (QED) is 0.633. The zero-order valence-corrected chi connectivity index (χ0v) is 18.6. The van der Waals surface area contributed by atoms with Gasteiger partial charge in [-0.2, -0.15) is 0 Å². The lowest BCUT2D eigenvalue weighted by Crippen LogP contribution is -2.39. The zero-order chi connectivity index (χ0) is 21.3. The molecule has 5 heteroatoms. The number of carbonyl (C=O) groups is 1. The molecule has 0 saturated carbocycles. The van der Waals surface area contributed by atoms with Crippen molar-refractivity contribution < 1.29 is 9.53 Å². The van der Waals surface area contributed by atoms with Crippen LogP contribution in [0.25, 0.3) is 0 Å². The fourth-order valence-corrected chi connectivity index (χ4v) is 3.91. The fourth-order valence-electron chi connectivity index (χ4n) is 3.91. The number of rotatable bonds is 9. The molecular weight excluding hydrogens is 374 g/mol. The van der Waals surface area contributed by atoms with Crippen molar-refractivity contribution in [1.29, 1.82) is 0 Å². The number of hydrogen-bond acceptors (Lipinski definition) is 4. The van der Waals surface area contributed by atoms with Gasteiger partial charge >= 0.3 is 0 Å². The first kappa shape index (κ1) is 22.3. The van der Waals surface area contributed by atoms with Gasteiger partial charge in [0.25, 0.3) is 0 Å². The molecular formula is C25H35N3O2. The van der Waals surface area contributed by atoms with Crippen molar-refractivity contribution in [3.63, 3.8) is 0 Å². The number of benzene rings is 2. The van der Waals surface area contributed by atoms with Crippen molar-refractivity contribution in [3.8, 4) is 0 Å². The number of morpholine rings is 1. The van der Waals surface area contributed by atoms with Gasteiger partial charge in [-0.3, -0.25) is 9.69 Å². The second-order valence-electron chi connectivity index (χ2n) is 8.20. The third-order valence-corrected chi connectivity index (χ3v) is 5.53. The minimum absolute atomic E-state index is 0.184. The summed E-state index contributed by atoms with van der Waals surface area (Å²) in [4.78, 5) is 19.5. The molecule has 30 heavy (non-hydrogen) atoms. The first-order valence-corrected chi connectivity index (χ1v) is 11.0. The molecule has 162 valence electrons. The minimum atomic E-state index is 0.184. The molecule has 0 unspecified atom stereocenters. The number of aryl methyl sites for hydroxylation is 1. The number of carbonyl (C=O) groups excluding carboxylic acids is 1. The average Bonchev–Trinajstić information content (AvgIpc) is 2.76. The summed E-state index contributed by atoms with van der Waals surface area (Å²) in [5, 5.41) is 0. The number of nitrogens with zero attached hydrogens (tertiary/aromatic N) is 3. The highest BCUT2D eigenvalue weighted by Gasteiger charge is 2.18. The monoisotopic (exact) mass is 409 g/mol. The van der Waals surface area contributed by atoms with Crippen molar-refractivity contribution >= 4 is 11.6 Å². The van der Waals surface area contributed by atoms with Gasteiger partial charge in [0, 0.05) is 38.4 Å². The molecule has 0 N–H and O–H groups in total. The Balaban J connectivity index is 1.62. The zero-order valence-electron chi connectivity index (χ0n) is 18.6. The molecule has 0 aliphatic carbocycles. The van der Waals surface area contributed by atoms with Gasteiger partial charge in [-0.25, -0.2) is 0 Å². The lowest BCUT2D eigenvalue weighted by atomic mass is 10.1. The summed E-state index contributed by atoms with van der Waals surface area (Å²) < 4.78 is 5.50. The van der Waals surface area contributed by atoms with E-state index in [9.17, 15) is 4.79 Å². The van der Waals surface area contributed by atoms with Crippen molar-refractivity contribution in [2.75, 3.05) is 51.3 Å². The first-order valence-electron chi connectivity index (χ1n) is 11.0. The molecule has 0 aromatic heterocycles. The SMILES string of the molecule is CCCN(Cc1ccc(C)cc1)C(=O)CN(C)Cc1ccccc1N1CCOCC1. The highest BCUT2D eigenvalue weighted by atomic mass is 16.5. The maximum Gasteiger partial charge on any atom is 0.237 e. The Hall–Kier alpha value is -2.37. The summed E-state index contributed by atoms with van der Waals surface area (Å²) in [5.74, 6) is 0.184. The van der Waals surface area contributed by atoms with Gasteiger partial charge in [0.1, 0.15) is 0 Å². The van der Waals surface area contributed by atoms with Gasteiger partial charge < -0.3 is 14.5 Å². The molecule has 1 heterocycles. The standard InChI is InChI=1S/C25H35N3O2/c1-4-13-28(18-22-11-9-21(2)10-12-22)25(29)20-26(3)19-23-7-5-6-8-24(23)27-14-16-30-17-15-27/h5-12H,4,13-20H2,1-3H3. The average molecular weight is 410 g/mol. The Labute approximate surface area is 181 Å². The Kier molecular flexibility index (Phi) is 8.29. The number of ether oxygens (including phenoxy) is 1. The van der Waals surface area contributed by atoms with Crippen LogP contribution in [0.2, 0.25) is 0 Å². The minimum Gasteiger partial charge on any atom is -0.378 e. The largest absolute Gasteiger partial charge is 0.378 e. The second-order valence-corrected chi connectivity index (χ2v) is 8.20. The lowest BCUT2D eigenvalue weighted by molar-refractivity contribution is -0.132. The summed E-state index contributed by atoms with van der Waals surface area (Å²) in [5.41, 5.74) is 4.94. The second kappa shape index (κ2) is 11.1. The summed E-state index contributed by atoms with van der Waals surface area (Å²) in [6.45, 7) is 10.2. The van der Waals surface area contributed by atoms with Crippen LogP contribution in [-0.4, -0.2) is 62.1 Å². The van der Waals surface area contributed by atoms with Crippen molar-refractivity contribution in [3.05, 3.63) is 65.2 Å². The molecule has 0 atom stereocenters. The maximum atomic E-state index is 13.0. The van der Waals surface area contributed by atoms with Gasteiger partial charge in [-0.1, -0.05) is 55.0 Å². The van der Waals surface area contributed by atoms with Crippen LogP contribution < -0.4 is 4.90 Å². The Morgan fingerprint density at radius 3 is 2.43 bits per heavy atom. The number of amides is 1. The molecule has 1 amide bonds. The Bertz CT molecular complexity index is 800. The normalized spacial score (nSPS) is 14.2. The van der Waals surface area contributed by atoms with Crippen LogP contribution in [0.4, 0.5) is 5.69 Å². The van der Waals surface area contributed by atoms with Crippen LogP contribution in [0, 0.1) is 6.92 Å². The number of para-hydroxylation sites is 1. The van der Waals surface area contributed by atoms with Crippen LogP contribution in [0.15, 0.2) is 48.5 Å². The van der Waals surface area contributed by atoms with E-state index in [1.807, 2.05) is 11.9 Å². The van der Waals surface area contributed by atoms with Crippen molar-refractivity contribution in [1.82, 2.24) is 9.80 Å². The topological polar surface area (TPSA) is 36.0 Å². The first-order chi connectivity index (χ1) is 14.6. The third-order valence-electron chi connectivity index (χ3n) is 5.53. The summed E-state index contributed by atoms with van der Waals surface area (Å²) in [6, 6.07) is 17.0. The van der Waals surface area contributed by atoms with Crippen LogP contribution >= 0.6 is 0 Å². The van der Waals surface area contributed by atoms with E-state index in [0.717, 1.165) is 45.8 Å². The van der Waals surface area contributed by atoms with Crippen LogP contribution in [0.1, 0.15) is 30.0 Å². The predicted octanol–water partition coefficient (Wildman–Crippen LogP) is 3.70. The molecule has 0 radical (unpaired) electrons. The number of hydrogen-bond donors (Lipinski definition) is 0. The molecule has 1 saturated heterocycles. The maximum absolute atomic E-state index is 13.0. The molecule has 5 nitrogen and oxygen atoms in total. The van der Waals surface area contributed by atoms with Gasteiger partial charge in [-0.05, 0) is 37.6 Å². The lowest BCUT2D eigenvalue weighted by Gasteiger charge is -2.31. The fraction of sp³-hybridized carbons (Fsp3) is 0.480. The third kappa shape index (κ3) is 6.31. The van der Waals surface area contributed by atoms with Crippen LogP contribution in [0.5, 0.6) is 0 Å². The van der Waals surface area contributed by atoms with E-state index in [2.05, 4.69) is 72.2 Å². The van der Waals surface area contributed by atoms with Crippen molar-refractivity contribution in [2.24, 2.45) is 0 Å².